The van der Waals surface area contributed by atoms with Gasteiger partial charge in [-0.15, -0.1) is 0 Å². The molecule has 0 unspecified atom stereocenters. The molecule has 0 saturated carbocycles. The van der Waals surface area contributed by atoms with Crippen molar-refractivity contribution in [2.45, 2.75) is 53.4 Å². The first-order valence-corrected chi connectivity index (χ1v) is 10.3. The lowest BCUT2D eigenvalue weighted by Crippen LogP contribution is -2.08. The van der Waals surface area contributed by atoms with Crippen LogP contribution in [-0.4, -0.2) is 26.4 Å². The highest BCUT2D eigenvalue weighted by Gasteiger charge is 2.26. The van der Waals surface area contributed by atoms with Crippen LogP contribution in [0, 0.1) is 0 Å². The molecule has 1 rings (SSSR count). The second kappa shape index (κ2) is 11.9. The van der Waals surface area contributed by atoms with Crippen molar-refractivity contribution in [1.29, 1.82) is 0 Å². The summed E-state index contributed by atoms with van der Waals surface area (Å²) < 4.78 is 25.2. The van der Waals surface area contributed by atoms with Crippen LogP contribution in [0.3, 0.4) is 0 Å². The van der Waals surface area contributed by atoms with E-state index in [2.05, 4.69) is 59.6 Å². The molecule has 0 radical (unpaired) electrons. The van der Waals surface area contributed by atoms with Crippen LogP contribution in [0.2, 0.25) is 0 Å². The van der Waals surface area contributed by atoms with Gasteiger partial charge in [0.2, 0.25) is 0 Å². The van der Waals surface area contributed by atoms with Crippen LogP contribution >= 0.6 is 31.9 Å². The molecule has 6 heteroatoms. The Morgan fingerprint density at radius 2 is 0.708 bits per heavy atom. The van der Waals surface area contributed by atoms with Gasteiger partial charge >= 0.3 is 0 Å². The topological polar surface area (TPSA) is 36.9 Å². The van der Waals surface area contributed by atoms with Gasteiger partial charge in [-0.1, -0.05) is 27.7 Å². The number of halogens is 2. The molecular formula is C18H28Br2O4. The van der Waals surface area contributed by atoms with E-state index in [1.807, 2.05) is 0 Å². The van der Waals surface area contributed by atoms with Crippen LogP contribution in [0.1, 0.15) is 53.4 Å². The third-order valence-corrected chi connectivity index (χ3v) is 4.45. The van der Waals surface area contributed by atoms with Crippen molar-refractivity contribution in [3.63, 3.8) is 0 Å². The van der Waals surface area contributed by atoms with Gasteiger partial charge in [-0.25, -0.2) is 0 Å². The molecule has 0 aliphatic rings. The summed E-state index contributed by atoms with van der Waals surface area (Å²) in [5.74, 6) is 2.64. The highest BCUT2D eigenvalue weighted by molar-refractivity contribution is 9.11. The van der Waals surface area contributed by atoms with Gasteiger partial charge in [-0.3, -0.25) is 0 Å². The van der Waals surface area contributed by atoms with Crippen LogP contribution in [0.15, 0.2) is 8.95 Å². The Hall–Kier alpha value is -0.620. The lowest BCUT2D eigenvalue weighted by atomic mass is 10.2. The fourth-order valence-electron chi connectivity index (χ4n) is 1.94. The summed E-state index contributed by atoms with van der Waals surface area (Å²) in [7, 11) is 0. The molecule has 1 aromatic rings. The van der Waals surface area contributed by atoms with Crippen LogP contribution in [0.5, 0.6) is 23.0 Å². The van der Waals surface area contributed by atoms with Gasteiger partial charge in [-0.2, -0.15) is 0 Å². The number of hydrogen-bond acceptors (Lipinski definition) is 4. The molecule has 4 nitrogen and oxygen atoms in total. The number of benzene rings is 1. The van der Waals surface area contributed by atoms with Crippen molar-refractivity contribution < 1.29 is 18.9 Å². The van der Waals surface area contributed by atoms with E-state index in [1.165, 1.54) is 0 Å². The van der Waals surface area contributed by atoms with Crippen LogP contribution in [-0.2, 0) is 0 Å². The molecule has 1 aromatic carbocycles. The average Bonchev–Trinajstić information content (AvgIpc) is 2.59. The smallest absolute Gasteiger partial charge is 0.180 e. The maximum absolute atomic E-state index is 5.94. The summed E-state index contributed by atoms with van der Waals surface area (Å²) >= 11 is 7.26. The largest absolute Gasteiger partial charge is 0.488 e. The predicted molar refractivity (Wildman–Crippen MR) is 105 cm³/mol. The van der Waals surface area contributed by atoms with E-state index in [0.717, 1.165) is 34.6 Å². The summed E-state index contributed by atoms with van der Waals surface area (Å²) in [5, 5.41) is 0. The molecule has 0 heterocycles. The third-order valence-electron chi connectivity index (χ3n) is 3.01. The van der Waals surface area contributed by atoms with Gasteiger partial charge in [-0.05, 0) is 57.5 Å². The minimum Gasteiger partial charge on any atom is -0.488 e. The van der Waals surface area contributed by atoms with Crippen molar-refractivity contribution in [2.24, 2.45) is 0 Å². The molecule has 0 N–H and O–H groups in total. The molecule has 0 bridgehead atoms. The quantitative estimate of drug-likeness (QED) is 0.358. The predicted octanol–water partition coefficient (Wildman–Crippen LogP) is 6.37. The molecule has 0 fully saturated rings. The van der Waals surface area contributed by atoms with Crippen LogP contribution in [0.4, 0.5) is 0 Å². The Morgan fingerprint density at radius 1 is 0.500 bits per heavy atom. The van der Waals surface area contributed by atoms with Gasteiger partial charge in [0.15, 0.2) is 23.0 Å². The van der Waals surface area contributed by atoms with Crippen molar-refractivity contribution in [1.82, 2.24) is 0 Å². The number of ether oxygens (including phenoxy) is 4. The summed E-state index contributed by atoms with van der Waals surface area (Å²) in [6, 6.07) is 0. The van der Waals surface area contributed by atoms with E-state index in [4.69, 9.17) is 18.9 Å². The minimum atomic E-state index is 0.607. The molecular weight excluding hydrogens is 440 g/mol. The van der Waals surface area contributed by atoms with E-state index in [-0.39, 0.29) is 0 Å². The molecule has 0 amide bonds. The summed E-state index contributed by atoms with van der Waals surface area (Å²) in [6.07, 6.45) is 3.65. The SMILES string of the molecule is CCCOc1c(Br)c(OCCC)c(OCCC)c(Br)c1OCCC. The van der Waals surface area contributed by atoms with Gasteiger partial charge in [0, 0.05) is 0 Å². The van der Waals surface area contributed by atoms with Crippen molar-refractivity contribution in [3.8, 4) is 23.0 Å². The lowest BCUT2D eigenvalue weighted by Gasteiger charge is -2.22. The van der Waals surface area contributed by atoms with Crippen molar-refractivity contribution in [2.75, 3.05) is 26.4 Å². The Bertz CT molecular complexity index is 420. The second-order valence-electron chi connectivity index (χ2n) is 5.34. The standard InChI is InChI=1S/C18H28Br2O4/c1-5-9-21-15-13(19)17(23-11-7-3)18(24-12-8-4)14(20)16(15)22-10-6-2/h5-12H2,1-4H3. The average molecular weight is 468 g/mol. The molecule has 0 saturated heterocycles. The Kier molecular flexibility index (Phi) is 10.6. The maximum Gasteiger partial charge on any atom is 0.180 e. The lowest BCUT2D eigenvalue weighted by molar-refractivity contribution is 0.242. The molecule has 0 atom stereocenters. The zero-order valence-corrected chi connectivity index (χ0v) is 18.2. The van der Waals surface area contributed by atoms with Crippen molar-refractivity contribution in [3.05, 3.63) is 8.95 Å². The molecule has 0 aliphatic carbocycles. The van der Waals surface area contributed by atoms with Crippen LogP contribution in [0.25, 0.3) is 0 Å². The minimum absolute atomic E-state index is 0.607. The Balaban J connectivity index is 3.39. The molecule has 0 spiro atoms. The first kappa shape index (κ1) is 21.4. The maximum atomic E-state index is 5.94. The normalized spacial score (nSPS) is 10.6. The van der Waals surface area contributed by atoms with Gasteiger partial charge in [0.05, 0.1) is 26.4 Å². The van der Waals surface area contributed by atoms with Gasteiger partial charge in [0.25, 0.3) is 0 Å². The van der Waals surface area contributed by atoms with E-state index in [9.17, 15) is 0 Å². The highest BCUT2D eigenvalue weighted by atomic mass is 79.9. The Morgan fingerprint density at radius 3 is 0.875 bits per heavy atom. The summed E-state index contributed by atoms with van der Waals surface area (Å²) in [4.78, 5) is 0. The number of rotatable bonds is 12. The zero-order chi connectivity index (χ0) is 17.9. The fourth-order valence-corrected chi connectivity index (χ4v) is 3.12. The summed E-state index contributed by atoms with van der Waals surface area (Å²) in [5.41, 5.74) is 0. The zero-order valence-electron chi connectivity index (χ0n) is 15.0. The highest BCUT2D eigenvalue weighted by Crippen LogP contribution is 2.54. The van der Waals surface area contributed by atoms with E-state index >= 15 is 0 Å². The van der Waals surface area contributed by atoms with E-state index in [0.29, 0.717) is 49.4 Å². The van der Waals surface area contributed by atoms with Crippen molar-refractivity contribution >= 4 is 31.9 Å². The first-order valence-electron chi connectivity index (χ1n) is 8.68. The monoisotopic (exact) mass is 466 g/mol. The van der Waals surface area contributed by atoms with E-state index < -0.39 is 0 Å². The fraction of sp³-hybridized carbons (Fsp3) is 0.667. The van der Waals surface area contributed by atoms with Gasteiger partial charge < -0.3 is 18.9 Å². The summed E-state index contributed by atoms with van der Waals surface area (Å²) in [6.45, 7) is 10.7. The molecule has 24 heavy (non-hydrogen) atoms. The van der Waals surface area contributed by atoms with Gasteiger partial charge in [0.1, 0.15) is 8.95 Å². The molecule has 0 aliphatic heterocycles. The molecule has 0 aromatic heterocycles. The van der Waals surface area contributed by atoms with Crippen LogP contribution < -0.4 is 18.9 Å². The Labute approximate surface area is 162 Å². The third kappa shape index (κ3) is 5.73. The molecule has 138 valence electrons. The number of hydrogen-bond donors (Lipinski definition) is 0. The van der Waals surface area contributed by atoms with E-state index in [1.54, 1.807) is 0 Å². The second-order valence-corrected chi connectivity index (χ2v) is 6.92. The first-order chi connectivity index (χ1) is 11.6.